The van der Waals surface area contributed by atoms with E-state index >= 15 is 0 Å². The molecule has 0 fully saturated rings. The molecule has 31 heavy (non-hydrogen) atoms. The van der Waals surface area contributed by atoms with Gasteiger partial charge < -0.3 is 4.81 Å². The van der Waals surface area contributed by atoms with Crippen LogP contribution >= 0.6 is 0 Å². The molecule has 0 N–H and O–H groups in total. The van der Waals surface area contributed by atoms with Gasteiger partial charge in [0.15, 0.2) is 0 Å². The number of nitrogens with zero attached hydrogens (tertiary/aromatic N) is 1. The molecule has 1 aliphatic heterocycles. The van der Waals surface area contributed by atoms with Crippen LogP contribution in [0.15, 0.2) is 48.1 Å². The van der Waals surface area contributed by atoms with Crippen molar-refractivity contribution < 1.29 is 0 Å². The van der Waals surface area contributed by atoms with Crippen LogP contribution in [0.2, 0.25) is 5.82 Å². The Labute approximate surface area is 191 Å². The van der Waals surface area contributed by atoms with E-state index in [4.69, 9.17) is 0 Å². The minimum atomic E-state index is 0.470. The Morgan fingerprint density at radius 3 is 2.48 bits per heavy atom. The van der Waals surface area contributed by atoms with Gasteiger partial charge in [-0.3, -0.25) is 0 Å². The van der Waals surface area contributed by atoms with Crippen molar-refractivity contribution in [1.82, 2.24) is 4.81 Å². The van der Waals surface area contributed by atoms with Crippen LogP contribution in [0.3, 0.4) is 0 Å². The molecule has 166 valence electrons. The average molecular weight is 415 g/mol. The smallest absolute Gasteiger partial charge is 0.269 e. The molecular formula is C29H42BN. The fourth-order valence-corrected chi connectivity index (χ4v) is 6.32. The Kier molecular flexibility index (Phi) is 7.27. The first-order valence-corrected chi connectivity index (χ1v) is 13.1. The number of hydrogen-bond donors (Lipinski definition) is 0. The third-order valence-corrected chi connectivity index (χ3v) is 7.82. The van der Waals surface area contributed by atoms with Crippen LogP contribution in [-0.4, -0.2) is 17.7 Å². The highest BCUT2D eigenvalue weighted by Gasteiger charge is 2.46. The van der Waals surface area contributed by atoms with E-state index in [2.05, 4.69) is 81.9 Å². The molecule has 0 saturated heterocycles. The third kappa shape index (κ3) is 4.38. The fraction of sp³-hybridized carbons (Fsp3) is 0.586. The van der Waals surface area contributed by atoms with Crippen LogP contribution in [0.5, 0.6) is 0 Å². The van der Waals surface area contributed by atoms with Crippen molar-refractivity contribution in [3.05, 3.63) is 64.8 Å². The van der Waals surface area contributed by atoms with Crippen molar-refractivity contribution in [1.29, 1.82) is 0 Å². The molecule has 1 aromatic rings. The Morgan fingerprint density at radius 2 is 1.74 bits per heavy atom. The lowest BCUT2D eigenvalue weighted by molar-refractivity contribution is 0.289. The quantitative estimate of drug-likeness (QED) is 0.273. The molecule has 0 radical (unpaired) electrons. The minimum absolute atomic E-state index is 0.470. The van der Waals surface area contributed by atoms with E-state index in [1.165, 1.54) is 51.4 Å². The zero-order chi connectivity index (χ0) is 22.0. The molecule has 1 aromatic carbocycles. The third-order valence-electron chi connectivity index (χ3n) is 7.82. The van der Waals surface area contributed by atoms with E-state index in [9.17, 15) is 0 Å². The van der Waals surface area contributed by atoms with Gasteiger partial charge in [0.05, 0.1) is 0 Å². The number of benzene rings is 1. The van der Waals surface area contributed by atoms with E-state index in [1.54, 1.807) is 27.7 Å². The van der Waals surface area contributed by atoms with E-state index in [0.717, 1.165) is 0 Å². The van der Waals surface area contributed by atoms with Gasteiger partial charge in [0.1, 0.15) is 0 Å². The van der Waals surface area contributed by atoms with Crippen LogP contribution in [0, 0.1) is 0 Å². The summed E-state index contributed by atoms with van der Waals surface area (Å²) in [6.07, 6.45) is 20.7. The molecule has 3 atom stereocenters. The second-order valence-corrected chi connectivity index (χ2v) is 10.3. The highest BCUT2D eigenvalue weighted by atomic mass is 15.1. The molecular weight excluding hydrogens is 373 g/mol. The van der Waals surface area contributed by atoms with Gasteiger partial charge in [-0.15, -0.1) is 0 Å². The molecule has 2 aliphatic carbocycles. The zero-order valence-corrected chi connectivity index (χ0v) is 20.5. The largest absolute Gasteiger partial charge is 0.329 e. The monoisotopic (exact) mass is 415 g/mol. The molecule has 0 aromatic heterocycles. The first kappa shape index (κ1) is 22.7. The number of hydrogen-bond acceptors (Lipinski definition) is 1. The molecule has 4 rings (SSSR count). The maximum Gasteiger partial charge on any atom is 0.269 e. The van der Waals surface area contributed by atoms with Crippen LogP contribution in [0.1, 0.15) is 115 Å². The minimum Gasteiger partial charge on any atom is -0.329 e. The van der Waals surface area contributed by atoms with Crippen molar-refractivity contribution in [3.63, 3.8) is 0 Å². The zero-order valence-electron chi connectivity index (χ0n) is 20.5. The number of unbranched alkanes of at least 4 members (excludes halogenated alkanes) is 4. The summed E-state index contributed by atoms with van der Waals surface area (Å²) in [5.41, 5.74) is 7.96. The second kappa shape index (κ2) is 9.95. The first-order chi connectivity index (χ1) is 15.1. The fourth-order valence-electron chi connectivity index (χ4n) is 6.32. The summed E-state index contributed by atoms with van der Waals surface area (Å²) in [5.74, 6) is 1.11. The summed E-state index contributed by atoms with van der Waals surface area (Å²) in [7, 11) is 0. The number of rotatable bonds is 10. The lowest BCUT2D eigenvalue weighted by atomic mass is 9.41. The summed E-state index contributed by atoms with van der Waals surface area (Å²) in [6.45, 7) is 12.3. The van der Waals surface area contributed by atoms with E-state index in [1.807, 2.05) is 0 Å². The van der Waals surface area contributed by atoms with Crippen molar-refractivity contribution >= 4 is 12.3 Å². The molecule has 0 bridgehead atoms. The standard InChI is InChI=1S/C29H42BN/c1-6-8-10-11-14-24-20-28-29-26(15-12-16-27(24)29)22(5)31(21(3)4)30(28)25-18-17-23(19-25)13-9-7-2/h12,15-22,24-25H,6-11,13-14H2,1-5H3. The Hall–Kier alpha value is -1.54. The lowest BCUT2D eigenvalue weighted by Crippen LogP contribution is -2.51. The highest BCUT2D eigenvalue weighted by molar-refractivity contribution is 6.79. The molecule has 1 nitrogen and oxygen atoms in total. The highest BCUT2D eigenvalue weighted by Crippen LogP contribution is 2.52. The van der Waals surface area contributed by atoms with Crippen LogP contribution in [0.25, 0.3) is 5.47 Å². The summed E-state index contributed by atoms with van der Waals surface area (Å²) >= 11 is 0. The predicted molar refractivity (Wildman–Crippen MR) is 138 cm³/mol. The van der Waals surface area contributed by atoms with Gasteiger partial charge in [-0.2, -0.15) is 0 Å². The van der Waals surface area contributed by atoms with Gasteiger partial charge in [0, 0.05) is 12.0 Å². The van der Waals surface area contributed by atoms with Crippen LogP contribution in [-0.2, 0) is 0 Å². The van der Waals surface area contributed by atoms with Gasteiger partial charge in [-0.05, 0) is 54.7 Å². The Morgan fingerprint density at radius 1 is 0.968 bits per heavy atom. The van der Waals surface area contributed by atoms with Crippen molar-refractivity contribution in [2.45, 2.75) is 110 Å². The normalized spacial score (nSPS) is 24.7. The first-order valence-electron chi connectivity index (χ1n) is 13.1. The molecule has 0 spiro atoms. The van der Waals surface area contributed by atoms with Gasteiger partial charge in [-0.25, -0.2) is 0 Å². The topological polar surface area (TPSA) is 3.24 Å². The van der Waals surface area contributed by atoms with Gasteiger partial charge in [0.25, 0.3) is 6.85 Å². The van der Waals surface area contributed by atoms with Crippen molar-refractivity contribution in [2.75, 3.05) is 0 Å². The van der Waals surface area contributed by atoms with E-state index in [0.29, 0.717) is 30.7 Å². The molecule has 3 aliphatic rings. The molecule has 0 amide bonds. The van der Waals surface area contributed by atoms with E-state index in [-0.39, 0.29) is 0 Å². The molecule has 0 saturated carbocycles. The van der Waals surface area contributed by atoms with Crippen LogP contribution in [0.4, 0.5) is 0 Å². The predicted octanol–water partition coefficient (Wildman–Crippen LogP) is 8.51. The summed E-state index contributed by atoms with van der Waals surface area (Å²) in [5, 5.41) is 0. The van der Waals surface area contributed by atoms with E-state index < -0.39 is 0 Å². The summed E-state index contributed by atoms with van der Waals surface area (Å²) in [4.78, 5) is 2.80. The number of allylic oxidation sites excluding steroid dienone is 5. The summed E-state index contributed by atoms with van der Waals surface area (Å²) < 4.78 is 0. The van der Waals surface area contributed by atoms with Gasteiger partial charge in [-0.1, -0.05) is 113 Å². The Balaban J connectivity index is 1.69. The lowest BCUT2D eigenvalue weighted by Gasteiger charge is -2.45. The van der Waals surface area contributed by atoms with Crippen molar-refractivity contribution in [3.8, 4) is 0 Å². The van der Waals surface area contributed by atoms with Gasteiger partial charge in [0.2, 0.25) is 0 Å². The SMILES string of the molecule is CCCCCCC1C=C2B(C3C=CC(CCCC)=C3)N(C(C)C)C(C)c3cccc1c32. The van der Waals surface area contributed by atoms with Crippen LogP contribution < -0.4 is 0 Å². The maximum atomic E-state index is 2.80. The molecule has 1 heterocycles. The second-order valence-electron chi connectivity index (χ2n) is 10.3. The molecule has 3 unspecified atom stereocenters. The molecule has 2 heteroatoms. The van der Waals surface area contributed by atoms with Gasteiger partial charge >= 0.3 is 0 Å². The summed E-state index contributed by atoms with van der Waals surface area (Å²) in [6, 6.07) is 8.14. The van der Waals surface area contributed by atoms with Crippen molar-refractivity contribution in [2.24, 2.45) is 0 Å². The average Bonchev–Trinajstić information content (AvgIpc) is 3.37. The maximum absolute atomic E-state index is 2.80. The Bertz CT molecular complexity index is 861.